The quantitative estimate of drug-likeness (QED) is 0.337. The highest BCUT2D eigenvalue weighted by atomic mass is 19.4. The Bertz CT molecular complexity index is 902. The van der Waals surface area contributed by atoms with Crippen LogP contribution in [0.1, 0.15) is 70.8 Å². The van der Waals surface area contributed by atoms with E-state index >= 15 is 0 Å². The number of aryl methyl sites for hydroxylation is 1. The number of unbranched alkanes of at least 4 members (excludes halogenated alkanes) is 4. The fourth-order valence-corrected chi connectivity index (χ4v) is 3.91. The van der Waals surface area contributed by atoms with E-state index in [1.165, 1.54) is 30.7 Å². The summed E-state index contributed by atoms with van der Waals surface area (Å²) in [5, 5.41) is 9.97. The molecule has 3 heterocycles. The van der Waals surface area contributed by atoms with Crippen molar-refractivity contribution in [3.63, 3.8) is 0 Å². The highest BCUT2D eigenvalue weighted by Gasteiger charge is 2.36. The molecule has 7 heteroatoms. The number of hydrogen-bond acceptors (Lipinski definition) is 2. The number of aromatic nitrogens is 1. The van der Waals surface area contributed by atoms with Crippen molar-refractivity contribution < 1.29 is 17.4 Å². The number of alkyl halides is 3. The van der Waals surface area contributed by atoms with E-state index in [1.807, 2.05) is 41.8 Å². The second kappa shape index (κ2) is 10.1. The lowest BCUT2D eigenvalue weighted by molar-refractivity contribution is -0.527. The molecule has 30 heavy (non-hydrogen) atoms. The standard InChI is InChI=1S/C23H31F3N4/c1-3-5-6-7-8-12-18-14-16-29-15-10-9-13-19(11-4-2)30-21(20(29)17-18)27-22(28-30)23(24,25)26/h4,11,14-17,19H,3,5-10,12-13H2,1-2H3. The molecule has 0 bridgehead atoms. The molecule has 0 aromatic carbocycles. The minimum absolute atomic E-state index is 0.244. The molecule has 0 fully saturated rings. The van der Waals surface area contributed by atoms with Gasteiger partial charge in [0.15, 0.2) is 12.4 Å². The summed E-state index contributed by atoms with van der Waals surface area (Å²) in [4.78, 5) is 0. The topological polar surface area (TPSA) is 35.6 Å². The van der Waals surface area contributed by atoms with E-state index in [0.717, 1.165) is 31.2 Å². The Labute approximate surface area is 176 Å². The van der Waals surface area contributed by atoms with Crippen LogP contribution < -0.4 is 9.59 Å². The molecule has 4 nitrogen and oxygen atoms in total. The van der Waals surface area contributed by atoms with Gasteiger partial charge in [-0.25, -0.2) is 0 Å². The second-order valence-electron chi connectivity index (χ2n) is 7.90. The Balaban J connectivity index is 2.02. The van der Waals surface area contributed by atoms with E-state index in [-0.39, 0.29) is 11.9 Å². The van der Waals surface area contributed by atoms with Gasteiger partial charge in [0.2, 0.25) is 5.35 Å². The number of allylic oxidation sites excluding steroid dienone is 1. The van der Waals surface area contributed by atoms with Crippen LogP contribution in [0.25, 0.3) is 11.1 Å². The summed E-state index contributed by atoms with van der Waals surface area (Å²) in [5.41, 5.74) is 1.12. The summed E-state index contributed by atoms with van der Waals surface area (Å²) < 4.78 is 42.2. The Kier molecular flexibility index (Phi) is 7.56. The molecule has 0 saturated carbocycles. The molecule has 0 amide bonds. The maximum Gasteiger partial charge on any atom is 0.421 e. The number of halogens is 3. The third-order valence-electron chi connectivity index (χ3n) is 5.49. The van der Waals surface area contributed by atoms with Gasteiger partial charge in [0.25, 0.3) is 0 Å². The maximum atomic E-state index is 13.4. The largest absolute Gasteiger partial charge is 0.421 e. The van der Waals surface area contributed by atoms with E-state index < -0.39 is 12.0 Å². The number of rotatable bonds is 7. The SMILES string of the molecule is CC=CC1CCCC=[n+]2ccc(CCCCCCC)cc2=C2[N-]C(C(F)(F)F)=NN21. The molecule has 0 aliphatic carbocycles. The van der Waals surface area contributed by atoms with E-state index in [9.17, 15) is 13.2 Å². The average Bonchev–Trinajstić information content (AvgIpc) is 3.17. The summed E-state index contributed by atoms with van der Waals surface area (Å²) in [6.45, 7) is 4.07. The van der Waals surface area contributed by atoms with Crippen molar-refractivity contribution in [2.75, 3.05) is 0 Å². The Morgan fingerprint density at radius 3 is 2.80 bits per heavy atom. The predicted octanol–water partition coefficient (Wildman–Crippen LogP) is 5.26. The van der Waals surface area contributed by atoms with Crippen molar-refractivity contribution in [2.24, 2.45) is 5.10 Å². The Morgan fingerprint density at radius 1 is 1.27 bits per heavy atom. The van der Waals surface area contributed by atoms with E-state index in [4.69, 9.17) is 0 Å². The first-order chi connectivity index (χ1) is 14.4. The van der Waals surface area contributed by atoms with Crippen LogP contribution in [0.2, 0.25) is 0 Å². The normalized spacial score (nSPS) is 19.4. The first-order valence-electron chi connectivity index (χ1n) is 11.0. The van der Waals surface area contributed by atoms with Crippen molar-refractivity contribution in [3.8, 4) is 0 Å². The highest BCUT2D eigenvalue weighted by Crippen LogP contribution is 2.34. The monoisotopic (exact) mass is 420 g/mol. The number of amidine groups is 1. The van der Waals surface area contributed by atoms with E-state index in [0.29, 0.717) is 11.8 Å². The lowest BCUT2D eigenvalue weighted by Gasteiger charge is -2.32. The lowest BCUT2D eigenvalue weighted by atomic mass is 10.1. The zero-order chi connectivity index (χ0) is 21.6. The molecule has 2 aliphatic rings. The molecule has 1 aromatic heterocycles. The predicted molar refractivity (Wildman–Crippen MR) is 113 cm³/mol. The van der Waals surface area contributed by atoms with Crippen LogP contribution in [0.5, 0.6) is 0 Å². The van der Waals surface area contributed by atoms with Gasteiger partial charge in [-0.05, 0) is 38.2 Å². The van der Waals surface area contributed by atoms with Gasteiger partial charge in [0.1, 0.15) is 0 Å². The van der Waals surface area contributed by atoms with E-state index in [2.05, 4.69) is 23.4 Å². The number of nitrogens with zero attached hydrogens (tertiary/aromatic N) is 4. The zero-order valence-electron chi connectivity index (χ0n) is 17.8. The van der Waals surface area contributed by atoms with Gasteiger partial charge in [-0.2, -0.15) is 17.4 Å². The minimum Gasteiger partial charge on any atom is -0.377 e. The number of fused-ring (bicyclic) bond motifs is 2. The zero-order valence-corrected chi connectivity index (χ0v) is 17.8. The van der Waals surface area contributed by atoms with Gasteiger partial charge < -0.3 is 15.4 Å². The van der Waals surface area contributed by atoms with Crippen molar-refractivity contribution in [1.82, 2.24) is 5.01 Å². The highest BCUT2D eigenvalue weighted by molar-refractivity contribution is 6.08. The molecular weight excluding hydrogens is 389 g/mol. The van der Waals surface area contributed by atoms with Crippen molar-refractivity contribution >= 4 is 11.7 Å². The molecule has 2 aliphatic heterocycles. The lowest BCUT2D eigenvalue weighted by Crippen LogP contribution is -2.41. The molecule has 1 aromatic rings. The van der Waals surface area contributed by atoms with Crippen LogP contribution in [-0.4, -0.2) is 23.1 Å². The summed E-state index contributed by atoms with van der Waals surface area (Å²) >= 11 is 0. The fraction of sp³-hybridized carbons (Fsp3) is 0.565. The second-order valence-corrected chi connectivity index (χ2v) is 7.90. The van der Waals surface area contributed by atoms with E-state index in [1.54, 1.807) is 0 Å². The molecule has 0 saturated heterocycles. The fourth-order valence-electron chi connectivity index (χ4n) is 3.91. The first kappa shape index (κ1) is 22.4. The van der Waals surface area contributed by atoms with Crippen molar-refractivity contribution in [2.45, 2.75) is 83.9 Å². The summed E-state index contributed by atoms with van der Waals surface area (Å²) in [6.07, 6.45) is 12.4. The van der Waals surface area contributed by atoms with Gasteiger partial charge >= 0.3 is 6.18 Å². The maximum absolute atomic E-state index is 13.4. The summed E-state index contributed by atoms with van der Waals surface area (Å²) in [5.74, 6) is -0.805. The molecule has 164 valence electrons. The molecule has 1 unspecified atom stereocenters. The third-order valence-corrected chi connectivity index (χ3v) is 5.49. The summed E-state index contributed by atoms with van der Waals surface area (Å²) in [6, 6.07) is 3.80. The van der Waals surface area contributed by atoms with Gasteiger partial charge in [-0.3, -0.25) is 0 Å². The van der Waals surface area contributed by atoms with Crippen LogP contribution in [0.15, 0.2) is 35.6 Å². The van der Waals surface area contributed by atoms with Gasteiger partial charge in [0, 0.05) is 24.6 Å². The van der Waals surface area contributed by atoms with Crippen LogP contribution in [0.3, 0.4) is 0 Å². The number of hydrazone groups is 1. The first-order valence-corrected chi connectivity index (χ1v) is 11.0. The van der Waals surface area contributed by atoms with Gasteiger partial charge in [-0.15, -0.1) is 0 Å². The molecule has 0 spiro atoms. The molecule has 0 radical (unpaired) electrons. The summed E-state index contributed by atoms with van der Waals surface area (Å²) in [7, 11) is 0. The van der Waals surface area contributed by atoms with Gasteiger partial charge in [-0.1, -0.05) is 44.8 Å². The molecular formula is C23H31F3N4. The van der Waals surface area contributed by atoms with Crippen molar-refractivity contribution in [1.29, 1.82) is 0 Å². The smallest absolute Gasteiger partial charge is 0.377 e. The molecule has 1 atom stereocenters. The van der Waals surface area contributed by atoms with Crippen LogP contribution in [0, 0.1) is 6.21 Å². The average molecular weight is 421 g/mol. The van der Waals surface area contributed by atoms with Gasteiger partial charge in [0.05, 0.1) is 11.7 Å². The number of hydrogen-bond donors (Lipinski definition) is 0. The molecule has 3 rings (SSSR count). The molecule has 0 N–H and O–H groups in total. The minimum atomic E-state index is -4.57. The Hall–Kier alpha value is -2.31. The van der Waals surface area contributed by atoms with Crippen LogP contribution in [-0.2, 0) is 6.42 Å². The van der Waals surface area contributed by atoms with Crippen LogP contribution >= 0.6 is 0 Å². The van der Waals surface area contributed by atoms with Crippen LogP contribution in [0.4, 0.5) is 13.2 Å². The number of pyridine rings is 1. The van der Waals surface area contributed by atoms with Crippen molar-refractivity contribution in [3.05, 3.63) is 52.9 Å². The Morgan fingerprint density at radius 2 is 2.07 bits per heavy atom. The third kappa shape index (κ3) is 5.43.